The lowest BCUT2D eigenvalue weighted by atomic mass is 10.2. The van der Waals surface area contributed by atoms with Crippen molar-refractivity contribution in [3.8, 4) is 5.75 Å². The molecule has 0 radical (unpaired) electrons. The number of rotatable bonds is 2. The highest BCUT2D eigenvalue weighted by molar-refractivity contribution is 5.27. The molecular weight excluding hydrogens is 181 g/mol. The maximum atomic E-state index is 13.0. The minimum Gasteiger partial charge on any atom is -0.505 e. The molecule has 1 aliphatic heterocycles. The summed E-state index contributed by atoms with van der Waals surface area (Å²) in [5, 5.41) is 9.02. The predicted molar refractivity (Wildman–Crippen MR) is 52.6 cm³/mol. The van der Waals surface area contributed by atoms with E-state index in [4.69, 9.17) is 5.11 Å². The summed E-state index contributed by atoms with van der Waals surface area (Å²) in [5.74, 6) is -0.795. The first-order valence-electron chi connectivity index (χ1n) is 4.95. The zero-order valence-electron chi connectivity index (χ0n) is 8.04. The lowest BCUT2D eigenvalue weighted by Gasteiger charge is -2.14. The van der Waals surface area contributed by atoms with Crippen LogP contribution >= 0.6 is 0 Å². The van der Waals surface area contributed by atoms with E-state index in [1.54, 1.807) is 6.07 Å². The molecule has 1 saturated heterocycles. The molecule has 1 fully saturated rings. The maximum Gasteiger partial charge on any atom is 0.165 e. The van der Waals surface area contributed by atoms with Crippen molar-refractivity contribution < 1.29 is 9.50 Å². The Hall–Kier alpha value is -1.09. The monoisotopic (exact) mass is 195 g/mol. The van der Waals surface area contributed by atoms with Gasteiger partial charge in [0.1, 0.15) is 0 Å². The fourth-order valence-corrected chi connectivity index (χ4v) is 1.85. The molecule has 3 heteroatoms. The van der Waals surface area contributed by atoms with Crippen molar-refractivity contribution in [2.24, 2.45) is 0 Å². The lowest BCUT2D eigenvalue weighted by molar-refractivity contribution is 0.330. The highest BCUT2D eigenvalue weighted by Gasteiger charge is 2.12. The van der Waals surface area contributed by atoms with Crippen LogP contribution in [0.5, 0.6) is 5.75 Å². The van der Waals surface area contributed by atoms with E-state index in [0.717, 1.165) is 25.2 Å². The van der Waals surface area contributed by atoms with Crippen LogP contribution in [0, 0.1) is 5.82 Å². The Morgan fingerprint density at radius 2 is 2.00 bits per heavy atom. The SMILES string of the molecule is Oc1ccc(CN2CCCC2)cc1F. The van der Waals surface area contributed by atoms with Crippen LogP contribution in [0.4, 0.5) is 4.39 Å². The summed E-state index contributed by atoms with van der Waals surface area (Å²) in [6.45, 7) is 2.99. The number of aromatic hydroxyl groups is 1. The molecule has 2 rings (SSSR count). The summed E-state index contributed by atoms with van der Waals surface area (Å²) in [6.07, 6.45) is 2.47. The van der Waals surface area contributed by atoms with Crippen LogP contribution < -0.4 is 0 Å². The molecule has 1 N–H and O–H groups in total. The van der Waals surface area contributed by atoms with Gasteiger partial charge in [0.05, 0.1) is 0 Å². The fourth-order valence-electron chi connectivity index (χ4n) is 1.85. The number of benzene rings is 1. The zero-order valence-corrected chi connectivity index (χ0v) is 8.04. The van der Waals surface area contributed by atoms with E-state index in [9.17, 15) is 4.39 Å². The Labute approximate surface area is 83.0 Å². The minimum absolute atomic E-state index is 0.268. The molecule has 0 aliphatic carbocycles. The van der Waals surface area contributed by atoms with E-state index in [0.29, 0.717) is 0 Å². The van der Waals surface area contributed by atoms with Crippen LogP contribution in [0.15, 0.2) is 18.2 Å². The van der Waals surface area contributed by atoms with Crippen LogP contribution in [-0.2, 0) is 6.54 Å². The summed E-state index contributed by atoms with van der Waals surface area (Å²) < 4.78 is 13.0. The first kappa shape index (κ1) is 9.46. The Kier molecular flexibility index (Phi) is 2.68. The van der Waals surface area contributed by atoms with Gasteiger partial charge in [0.25, 0.3) is 0 Å². The van der Waals surface area contributed by atoms with Gasteiger partial charge in [0.15, 0.2) is 11.6 Å². The summed E-state index contributed by atoms with van der Waals surface area (Å²) in [5.41, 5.74) is 0.933. The Balaban J connectivity index is 2.05. The van der Waals surface area contributed by atoms with Gasteiger partial charge >= 0.3 is 0 Å². The molecule has 1 aromatic carbocycles. The van der Waals surface area contributed by atoms with Gasteiger partial charge in [-0.3, -0.25) is 4.90 Å². The predicted octanol–water partition coefficient (Wildman–Crippen LogP) is 2.13. The molecule has 0 spiro atoms. The molecule has 2 nitrogen and oxygen atoms in total. The molecule has 0 bridgehead atoms. The third-order valence-electron chi connectivity index (χ3n) is 2.62. The Bertz CT molecular complexity index is 321. The van der Waals surface area contributed by atoms with Gasteiger partial charge in [-0.25, -0.2) is 4.39 Å². The van der Waals surface area contributed by atoms with Gasteiger partial charge in [0.2, 0.25) is 0 Å². The third-order valence-corrected chi connectivity index (χ3v) is 2.62. The van der Waals surface area contributed by atoms with Crippen molar-refractivity contribution in [3.05, 3.63) is 29.6 Å². The van der Waals surface area contributed by atoms with Gasteiger partial charge in [-0.1, -0.05) is 6.07 Å². The molecule has 0 atom stereocenters. The number of likely N-dealkylation sites (tertiary alicyclic amines) is 1. The van der Waals surface area contributed by atoms with E-state index in [1.165, 1.54) is 25.0 Å². The van der Waals surface area contributed by atoms with Crippen LogP contribution in [0.25, 0.3) is 0 Å². The normalized spacial score (nSPS) is 17.5. The van der Waals surface area contributed by atoms with Gasteiger partial charge in [-0.2, -0.15) is 0 Å². The smallest absolute Gasteiger partial charge is 0.165 e. The highest BCUT2D eigenvalue weighted by atomic mass is 19.1. The van der Waals surface area contributed by atoms with E-state index < -0.39 is 5.82 Å². The second kappa shape index (κ2) is 3.96. The molecule has 0 amide bonds. The molecule has 14 heavy (non-hydrogen) atoms. The lowest BCUT2D eigenvalue weighted by Crippen LogP contribution is -2.18. The van der Waals surface area contributed by atoms with E-state index in [-0.39, 0.29) is 5.75 Å². The summed E-state index contributed by atoms with van der Waals surface area (Å²) in [4.78, 5) is 2.30. The topological polar surface area (TPSA) is 23.5 Å². The largest absolute Gasteiger partial charge is 0.505 e. The highest BCUT2D eigenvalue weighted by Crippen LogP contribution is 2.18. The quantitative estimate of drug-likeness (QED) is 0.781. The van der Waals surface area contributed by atoms with Crippen molar-refractivity contribution >= 4 is 0 Å². The molecule has 76 valence electrons. The molecule has 1 heterocycles. The molecule has 0 unspecified atom stereocenters. The average Bonchev–Trinajstić information content (AvgIpc) is 2.64. The molecule has 1 aliphatic rings. The fraction of sp³-hybridized carbons (Fsp3) is 0.455. The van der Waals surface area contributed by atoms with Crippen molar-refractivity contribution in [2.75, 3.05) is 13.1 Å². The third kappa shape index (κ3) is 2.04. The molecule has 0 saturated carbocycles. The van der Waals surface area contributed by atoms with E-state index in [1.807, 2.05) is 0 Å². The molecule has 1 aromatic rings. The number of phenols is 1. The van der Waals surface area contributed by atoms with Crippen LogP contribution in [0.2, 0.25) is 0 Å². The van der Waals surface area contributed by atoms with Gasteiger partial charge < -0.3 is 5.11 Å². The molecule has 0 aromatic heterocycles. The minimum atomic E-state index is -0.526. The van der Waals surface area contributed by atoms with E-state index >= 15 is 0 Å². The summed E-state index contributed by atoms with van der Waals surface area (Å²) in [6, 6.07) is 4.60. The second-order valence-corrected chi connectivity index (χ2v) is 3.77. The average molecular weight is 195 g/mol. The van der Waals surface area contributed by atoms with Crippen LogP contribution in [-0.4, -0.2) is 23.1 Å². The first-order chi connectivity index (χ1) is 6.75. The van der Waals surface area contributed by atoms with Crippen molar-refractivity contribution in [1.29, 1.82) is 0 Å². The van der Waals surface area contributed by atoms with Crippen LogP contribution in [0.3, 0.4) is 0 Å². The van der Waals surface area contributed by atoms with Crippen LogP contribution in [0.1, 0.15) is 18.4 Å². The number of nitrogens with zero attached hydrogens (tertiary/aromatic N) is 1. The van der Waals surface area contributed by atoms with Crippen molar-refractivity contribution in [3.63, 3.8) is 0 Å². The number of halogens is 1. The standard InChI is InChI=1S/C11H14FNO/c12-10-7-9(3-4-11(10)14)8-13-5-1-2-6-13/h3-4,7,14H,1-2,5-6,8H2. The molecular formula is C11H14FNO. The number of hydrogen-bond acceptors (Lipinski definition) is 2. The second-order valence-electron chi connectivity index (χ2n) is 3.77. The summed E-state index contributed by atoms with van der Waals surface area (Å²) in [7, 11) is 0. The first-order valence-corrected chi connectivity index (χ1v) is 4.95. The zero-order chi connectivity index (χ0) is 9.97. The van der Waals surface area contributed by atoms with Crippen molar-refractivity contribution in [1.82, 2.24) is 4.90 Å². The van der Waals surface area contributed by atoms with Gasteiger partial charge in [-0.05, 0) is 43.6 Å². The van der Waals surface area contributed by atoms with Gasteiger partial charge in [0, 0.05) is 6.54 Å². The number of phenolic OH excluding ortho intramolecular Hbond substituents is 1. The van der Waals surface area contributed by atoms with Crippen molar-refractivity contribution in [2.45, 2.75) is 19.4 Å². The summed E-state index contributed by atoms with van der Waals surface area (Å²) >= 11 is 0. The van der Waals surface area contributed by atoms with E-state index in [2.05, 4.69) is 4.90 Å². The maximum absolute atomic E-state index is 13.0. The Morgan fingerprint density at radius 1 is 1.29 bits per heavy atom. The number of hydrogen-bond donors (Lipinski definition) is 1. The van der Waals surface area contributed by atoms with Gasteiger partial charge in [-0.15, -0.1) is 0 Å². The Morgan fingerprint density at radius 3 is 2.64 bits per heavy atom.